The van der Waals surface area contributed by atoms with E-state index in [2.05, 4.69) is 42.7 Å². The summed E-state index contributed by atoms with van der Waals surface area (Å²) < 4.78 is 0. The van der Waals surface area contributed by atoms with Crippen molar-refractivity contribution in [1.82, 2.24) is 5.32 Å². The molecule has 0 spiro atoms. The Morgan fingerprint density at radius 1 is 0.810 bits per heavy atom. The van der Waals surface area contributed by atoms with E-state index in [1.165, 1.54) is 0 Å². The Morgan fingerprint density at radius 2 is 1.19 bits per heavy atom. The molecule has 0 atom stereocenters. The van der Waals surface area contributed by atoms with Gasteiger partial charge in [0.1, 0.15) is 0 Å². The van der Waals surface area contributed by atoms with Gasteiger partial charge in [0.15, 0.2) is 0 Å². The maximum Gasteiger partial charge on any atom is 0.0551 e. The number of hydrogen-bond donors (Lipinski definition) is 2. The molecule has 0 aromatic heterocycles. The normalized spacial score (nSPS) is 9.62. The maximum atomic E-state index is 6.12. The van der Waals surface area contributed by atoms with Gasteiger partial charge in [-0.25, -0.2) is 0 Å². The lowest BCUT2D eigenvalue weighted by Crippen LogP contribution is -2.11. The van der Waals surface area contributed by atoms with Crippen molar-refractivity contribution in [3.63, 3.8) is 0 Å². The van der Waals surface area contributed by atoms with Crippen LogP contribution in [0.3, 0.4) is 0 Å². The van der Waals surface area contributed by atoms with Crippen LogP contribution in [-0.4, -0.2) is 13.1 Å². The lowest BCUT2D eigenvalue weighted by atomic mass is 10.00. The van der Waals surface area contributed by atoms with E-state index in [4.69, 9.17) is 5.73 Å². The van der Waals surface area contributed by atoms with Crippen LogP contribution < -0.4 is 11.1 Å². The Labute approximate surface area is 128 Å². The lowest BCUT2D eigenvalue weighted by Gasteiger charge is -2.11. The number of rotatable bonds is 6. The first kappa shape index (κ1) is 16.9. The largest absolute Gasteiger partial charge is 0.320 e. The van der Waals surface area contributed by atoms with Crippen LogP contribution in [0.25, 0.3) is 0 Å². The Kier molecular flexibility index (Phi) is 8.53. The predicted molar refractivity (Wildman–Crippen MR) is 92.2 cm³/mol. The summed E-state index contributed by atoms with van der Waals surface area (Å²) in [6, 6.07) is 20.2. The third-order valence-electron chi connectivity index (χ3n) is 2.89. The molecule has 110 valence electrons. The van der Waals surface area contributed by atoms with Crippen LogP contribution >= 0.6 is 0 Å². The molecule has 0 aliphatic heterocycles. The second-order valence-corrected chi connectivity index (χ2v) is 4.53. The van der Waals surface area contributed by atoms with Crippen molar-refractivity contribution in [3.8, 4) is 0 Å². The van der Waals surface area contributed by atoms with E-state index in [1.807, 2.05) is 48.6 Å². The van der Waals surface area contributed by atoms with Crippen molar-refractivity contribution in [1.29, 1.82) is 0 Å². The fourth-order valence-corrected chi connectivity index (χ4v) is 1.80. The molecule has 0 aliphatic rings. The molecule has 3 N–H and O–H groups in total. The SMILES string of the molecule is C=CCNCC=C.NC(c1ccccc1)c1ccccc1. The van der Waals surface area contributed by atoms with Gasteiger partial charge in [-0.05, 0) is 11.1 Å². The van der Waals surface area contributed by atoms with Crippen molar-refractivity contribution in [2.75, 3.05) is 13.1 Å². The highest BCUT2D eigenvalue weighted by atomic mass is 14.8. The minimum atomic E-state index is -0.0163. The molecular formula is C19H24N2. The summed E-state index contributed by atoms with van der Waals surface area (Å²) >= 11 is 0. The van der Waals surface area contributed by atoms with Gasteiger partial charge >= 0.3 is 0 Å². The Hall–Kier alpha value is -2.16. The van der Waals surface area contributed by atoms with Crippen LogP contribution in [0.1, 0.15) is 17.2 Å². The standard InChI is InChI=1S/C13H13N.C6H11N/c14-13(11-7-3-1-4-8-11)12-9-5-2-6-10-12;1-3-5-7-6-4-2/h1-10,13H,14H2;3-4,7H,1-2,5-6H2. The number of hydrogen-bond acceptors (Lipinski definition) is 2. The molecule has 2 heteroatoms. The summed E-state index contributed by atoms with van der Waals surface area (Å²) in [5.41, 5.74) is 8.42. The van der Waals surface area contributed by atoms with Gasteiger partial charge < -0.3 is 11.1 Å². The maximum absolute atomic E-state index is 6.12. The van der Waals surface area contributed by atoms with Gasteiger partial charge in [0, 0.05) is 13.1 Å². The summed E-state index contributed by atoms with van der Waals surface area (Å²) in [4.78, 5) is 0. The van der Waals surface area contributed by atoms with Gasteiger partial charge in [0.25, 0.3) is 0 Å². The van der Waals surface area contributed by atoms with Crippen molar-refractivity contribution in [2.45, 2.75) is 6.04 Å². The highest BCUT2D eigenvalue weighted by Crippen LogP contribution is 2.18. The van der Waals surface area contributed by atoms with Crippen LogP contribution in [0.2, 0.25) is 0 Å². The van der Waals surface area contributed by atoms with E-state index >= 15 is 0 Å². The molecule has 0 saturated carbocycles. The molecule has 0 saturated heterocycles. The summed E-state index contributed by atoms with van der Waals surface area (Å²) in [7, 11) is 0. The number of benzene rings is 2. The quantitative estimate of drug-likeness (QED) is 0.625. The number of nitrogens with two attached hydrogens (primary N) is 1. The average Bonchev–Trinajstić information content (AvgIpc) is 2.57. The molecule has 2 aromatic rings. The van der Waals surface area contributed by atoms with Gasteiger partial charge in [0.05, 0.1) is 6.04 Å². The van der Waals surface area contributed by atoms with Crippen molar-refractivity contribution >= 4 is 0 Å². The molecule has 0 radical (unpaired) electrons. The zero-order valence-corrected chi connectivity index (χ0v) is 12.4. The van der Waals surface area contributed by atoms with Crippen LogP contribution in [-0.2, 0) is 0 Å². The highest BCUT2D eigenvalue weighted by molar-refractivity contribution is 5.30. The lowest BCUT2D eigenvalue weighted by molar-refractivity contribution is 0.845. The molecular weight excluding hydrogens is 256 g/mol. The topological polar surface area (TPSA) is 38.0 Å². The minimum Gasteiger partial charge on any atom is -0.320 e. The Bertz CT molecular complexity index is 458. The second kappa shape index (κ2) is 10.6. The van der Waals surface area contributed by atoms with E-state index in [0.717, 1.165) is 24.2 Å². The highest BCUT2D eigenvalue weighted by Gasteiger charge is 2.06. The average molecular weight is 280 g/mol. The van der Waals surface area contributed by atoms with Gasteiger partial charge in [-0.3, -0.25) is 0 Å². The van der Waals surface area contributed by atoms with Crippen LogP contribution in [0.5, 0.6) is 0 Å². The first-order valence-corrected chi connectivity index (χ1v) is 7.07. The van der Waals surface area contributed by atoms with Gasteiger partial charge in [-0.2, -0.15) is 0 Å². The molecule has 21 heavy (non-hydrogen) atoms. The van der Waals surface area contributed by atoms with Crippen LogP contribution in [0.4, 0.5) is 0 Å². The van der Waals surface area contributed by atoms with Crippen molar-refractivity contribution in [3.05, 3.63) is 97.1 Å². The predicted octanol–water partition coefficient (Wildman–Crippen LogP) is 3.68. The van der Waals surface area contributed by atoms with E-state index < -0.39 is 0 Å². The van der Waals surface area contributed by atoms with E-state index in [-0.39, 0.29) is 6.04 Å². The molecule has 0 unspecified atom stereocenters. The summed E-state index contributed by atoms with van der Waals surface area (Å²) in [5.74, 6) is 0. The molecule has 0 fully saturated rings. The van der Waals surface area contributed by atoms with Gasteiger partial charge in [-0.1, -0.05) is 72.8 Å². The zero-order valence-electron chi connectivity index (χ0n) is 12.4. The molecule has 2 nitrogen and oxygen atoms in total. The molecule has 2 aromatic carbocycles. The van der Waals surface area contributed by atoms with Crippen molar-refractivity contribution < 1.29 is 0 Å². The minimum absolute atomic E-state index is 0.0163. The van der Waals surface area contributed by atoms with Crippen molar-refractivity contribution in [2.24, 2.45) is 5.73 Å². The molecule has 0 aliphatic carbocycles. The van der Waals surface area contributed by atoms with Crippen LogP contribution in [0.15, 0.2) is 86.0 Å². The first-order valence-electron chi connectivity index (χ1n) is 7.07. The fraction of sp³-hybridized carbons (Fsp3) is 0.158. The Morgan fingerprint density at radius 3 is 1.52 bits per heavy atom. The monoisotopic (exact) mass is 280 g/mol. The zero-order chi connectivity index (χ0) is 15.3. The second-order valence-electron chi connectivity index (χ2n) is 4.53. The summed E-state index contributed by atoms with van der Waals surface area (Å²) in [6.07, 6.45) is 3.65. The Balaban J connectivity index is 0.000000270. The van der Waals surface area contributed by atoms with E-state index in [0.29, 0.717) is 0 Å². The fourth-order valence-electron chi connectivity index (χ4n) is 1.80. The van der Waals surface area contributed by atoms with Crippen LogP contribution in [0, 0.1) is 0 Å². The molecule has 0 heterocycles. The summed E-state index contributed by atoms with van der Waals surface area (Å²) in [6.45, 7) is 8.81. The molecule has 0 amide bonds. The third-order valence-corrected chi connectivity index (χ3v) is 2.89. The smallest absolute Gasteiger partial charge is 0.0551 e. The summed E-state index contributed by atoms with van der Waals surface area (Å²) in [5, 5.41) is 3.05. The molecule has 2 rings (SSSR count). The van der Waals surface area contributed by atoms with Gasteiger partial charge in [-0.15, -0.1) is 13.2 Å². The van der Waals surface area contributed by atoms with E-state index in [1.54, 1.807) is 0 Å². The first-order chi connectivity index (χ1) is 10.3. The molecule has 0 bridgehead atoms. The third kappa shape index (κ3) is 6.70. The van der Waals surface area contributed by atoms with E-state index in [9.17, 15) is 0 Å². The van der Waals surface area contributed by atoms with Gasteiger partial charge in [0.2, 0.25) is 0 Å². The number of nitrogens with one attached hydrogen (secondary N) is 1.